The summed E-state index contributed by atoms with van der Waals surface area (Å²) in [5.41, 5.74) is 0.901. The van der Waals surface area contributed by atoms with Gasteiger partial charge in [-0.05, 0) is 24.5 Å². The minimum Gasteiger partial charge on any atom is -0.381 e. The molecule has 0 aliphatic carbocycles. The van der Waals surface area contributed by atoms with Crippen molar-refractivity contribution >= 4 is 11.5 Å². The predicted molar refractivity (Wildman–Crippen MR) is 80.6 cm³/mol. The van der Waals surface area contributed by atoms with Crippen molar-refractivity contribution < 1.29 is 4.74 Å². The molecule has 2 fully saturated rings. The first-order chi connectivity index (χ1) is 10.4. The van der Waals surface area contributed by atoms with Crippen LogP contribution in [0.25, 0.3) is 5.65 Å². The van der Waals surface area contributed by atoms with E-state index in [-0.39, 0.29) is 0 Å². The van der Waals surface area contributed by atoms with E-state index < -0.39 is 0 Å². The number of piperazine rings is 1. The normalized spacial score (nSPS) is 24.0. The molecule has 0 bridgehead atoms. The Labute approximate surface area is 124 Å². The minimum absolute atomic E-state index is 0.733. The van der Waals surface area contributed by atoms with Crippen molar-refractivity contribution in [2.45, 2.75) is 6.42 Å². The van der Waals surface area contributed by atoms with Gasteiger partial charge in [0.05, 0.1) is 6.61 Å². The number of nitrogens with zero attached hydrogens (tertiary/aromatic N) is 5. The van der Waals surface area contributed by atoms with E-state index in [0.29, 0.717) is 0 Å². The molecule has 2 aromatic rings. The Morgan fingerprint density at radius 1 is 1.19 bits per heavy atom. The first kappa shape index (κ1) is 13.0. The molecular formula is C15H21N5O. The van der Waals surface area contributed by atoms with Gasteiger partial charge < -0.3 is 9.64 Å². The largest absolute Gasteiger partial charge is 0.381 e. The average Bonchev–Trinajstić information content (AvgIpc) is 3.18. The molecule has 6 nitrogen and oxygen atoms in total. The monoisotopic (exact) mass is 287 g/mol. The Balaban J connectivity index is 1.37. The Hall–Kier alpha value is -1.66. The summed E-state index contributed by atoms with van der Waals surface area (Å²) in [5.74, 6) is 1.78. The third-order valence-corrected chi connectivity index (χ3v) is 4.48. The number of ether oxygens (including phenoxy) is 1. The molecule has 4 heterocycles. The van der Waals surface area contributed by atoms with Gasteiger partial charge in [-0.25, -0.2) is 9.50 Å². The molecule has 0 spiro atoms. The lowest BCUT2D eigenvalue weighted by atomic mass is 10.1. The Kier molecular flexibility index (Phi) is 3.48. The van der Waals surface area contributed by atoms with E-state index in [4.69, 9.17) is 4.74 Å². The summed E-state index contributed by atoms with van der Waals surface area (Å²) < 4.78 is 7.31. The first-order valence-electron chi connectivity index (χ1n) is 7.74. The van der Waals surface area contributed by atoms with Gasteiger partial charge in [0, 0.05) is 51.7 Å². The summed E-state index contributed by atoms with van der Waals surface area (Å²) in [6.07, 6.45) is 4.90. The van der Waals surface area contributed by atoms with Crippen LogP contribution in [-0.4, -0.2) is 65.4 Å². The SMILES string of the molecule is c1cn2nc(N3CCN(C[C@@H]4CCOC4)CC3)ccc2n1. The summed E-state index contributed by atoms with van der Waals surface area (Å²) in [6.45, 7) is 7.38. The van der Waals surface area contributed by atoms with E-state index in [1.165, 1.54) is 13.0 Å². The van der Waals surface area contributed by atoms with Gasteiger partial charge in [-0.15, -0.1) is 5.10 Å². The topological polar surface area (TPSA) is 45.9 Å². The second-order valence-electron chi connectivity index (χ2n) is 5.94. The fraction of sp³-hybridized carbons (Fsp3) is 0.600. The van der Waals surface area contributed by atoms with Crippen LogP contribution in [0.15, 0.2) is 24.5 Å². The number of imidazole rings is 1. The zero-order valence-corrected chi connectivity index (χ0v) is 12.2. The van der Waals surface area contributed by atoms with Crippen molar-refractivity contribution in [1.29, 1.82) is 0 Å². The lowest BCUT2D eigenvalue weighted by molar-refractivity contribution is 0.164. The standard InChI is InChI=1S/C15H21N5O/c1-2-15(17-20-5-4-16-14(1)20)19-8-6-18(7-9-19)11-13-3-10-21-12-13/h1-2,4-5,13H,3,6-12H2/t13-/m0/s1. The van der Waals surface area contributed by atoms with Crippen LogP contribution < -0.4 is 4.90 Å². The molecular weight excluding hydrogens is 266 g/mol. The second kappa shape index (κ2) is 5.61. The van der Waals surface area contributed by atoms with Crippen molar-refractivity contribution in [3.8, 4) is 0 Å². The summed E-state index contributed by atoms with van der Waals surface area (Å²) in [6, 6.07) is 4.10. The molecule has 2 aliphatic rings. The lowest BCUT2D eigenvalue weighted by Crippen LogP contribution is -2.48. The quantitative estimate of drug-likeness (QED) is 0.839. The van der Waals surface area contributed by atoms with Crippen LogP contribution in [0.3, 0.4) is 0 Å². The molecule has 0 N–H and O–H groups in total. The lowest BCUT2D eigenvalue weighted by Gasteiger charge is -2.36. The van der Waals surface area contributed by atoms with Crippen molar-refractivity contribution in [3.63, 3.8) is 0 Å². The fourth-order valence-electron chi connectivity index (χ4n) is 3.23. The zero-order chi connectivity index (χ0) is 14.1. The third-order valence-electron chi connectivity index (χ3n) is 4.48. The van der Waals surface area contributed by atoms with Crippen LogP contribution in [-0.2, 0) is 4.74 Å². The van der Waals surface area contributed by atoms with E-state index >= 15 is 0 Å². The number of aromatic nitrogens is 3. The number of anilines is 1. The maximum Gasteiger partial charge on any atom is 0.153 e. The summed E-state index contributed by atoms with van der Waals surface area (Å²) in [7, 11) is 0. The van der Waals surface area contributed by atoms with Gasteiger partial charge in [-0.1, -0.05) is 0 Å². The van der Waals surface area contributed by atoms with Crippen LogP contribution in [0.2, 0.25) is 0 Å². The van der Waals surface area contributed by atoms with E-state index in [2.05, 4.69) is 25.9 Å². The molecule has 4 rings (SSSR count). The minimum atomic E-state index is 0.733. The second-order valence-corrected chi connectivity index (χ2v) is 5.94. The molecule has 6 heteroatoms. The molecule has 2 aliphatic heterocycles. The number of rotatable bonds is 3. The van der Waals surface area contributed by atoms with Crippen molar-refractivity contribution in [3.05, 3.63) is 24.5 Å². The molecule has 21 heavy (non-hydrogen) atoms. The van der Waals surface area contributed by atoms with E-state index in [0.717, 1.165) is 56.8 Å². The van der Waals surface area contributed by atoms with Crippen LogP contribution in [0.5, 0.6) is 0 Å². The van der Waals surface area contributed by atoms with Crippen molar-refractivity contribution in [2.24, 2.45) is 5.92 Å². The number of hydrogen-bond donors (Lipinski definition) is 0. The Morgan fingerprint density at radius 2 is 2.10 bits per heavy atom. The molecule has 0 saturated carbocycles. The van der Waals surface area contributed by atoms with E-state index in [1.807, 2.05) is 16.8 Å². The number of fused-ring (bicyclic) bond motifs is 1. The molecule has 112 valence electrons. The van der Waals surface area contributed by atoms with Gasteiger partial charge in [0.15, 0.2) is 5.65 Å². The van der Waals surface area contributed by atoms with Gasteiger partial charge in [-0.2, -0.15) is 0 Å². The van der Waals surface area contributed by atoms with Gasteiger partial charge in [-0.3, -0.25) is 4.90 Å². The highest BCUT2D eigenvalue weighted by Crippen LogP contribution is 2.17. The zero-order valence-electron chi connectivity index (χ0n) is 12.2. The molecule has 1 atom stereocenters. The summed E-state index contributed by atoms with van der Waals surface area (Å²) in [4.78, 5) is 9.16. The highest BCUT2D eigenvalue weighted by atomic mass is 16.5. The average molecular weight is 287 g/mol. The predicted octanol–water partition coefficient (Wildman–Crippen LogP) is 0.888. The van der Waals surface area contributed by atoms with Gasteiger partial charge in [0.2, 0.25) is 0 Å². The smallest absolute Gasteiger partial charge is 0.153 e. The fourth-order valence-corrected chi connectivity index (χ4v) is 3.23. The Bertz CT molecular complexity index is 599. The third kappa shape index (κ3) is 2.73. The van der Waals surface area contributed by atoms with Gasteiger partial charge in [0.1, 0.15) is 5.82 Å². The molecule has 2 aromatic heterocycles. The van der Waals surface area contributed by atoms with Crippen LogP contribution in [0.1, 0.15) is 6.42 Å². The van der Waals surface area contributed by atoms with Crippen LogP contribution >= 0.6 is 0 Å². The van der Waals surface area contributed by atoms with E-state index in [9.17, 15) is 0 Å². The number of hydrogen-bond acceptors (Lipinski definition) is 5. The molecule has 0 aromatic carbocycles. The highest BCUT2D eigenvalue weighted by molar-refractivity contribution is 5.46. The molecule has 0 radical (unpaired) electrons. The van der Waals surface area contributed by atoms with Crippen LogP contribution in [0.4, 0.5) is 5.82 Å². The summed E-state index contributed by atoms with van der Waals surface area (Å²) in [5, 5.41) is 4.63. The maximum absolute atomic E-state index is 5.47. The van der Waals surface area contributed by atoms with Crippen molar-refractivity contribution in [2.75, 3.05) is 50.8 Å². The first-order valence-corrected chi connectivity index (χ1v) is 7.74. The Morgan fingerprint density at radius 3 is 2.90 bits per heavy atom. The van der Waals surface area contributed by atoms with Crippen LogP contribution in [0, 0.1) is 5.92 Å². The molecule has 0 amide bonds. The summed E-state index contributed by atoms with van der Waals surface area (Å²) >= 11 is 0. The van der Waals surface area contributed by atoms with Gasteiger partial charge >= 0.3 is 0 Å². The van der Waals surface area contributed by atoms with Crippen molar-refractivity contribution in [1.82, 2.24) is 19.5 Å². The highest BCUT2D eigenvalue weighted by Gasteiger charge is 2.23. The molecule has 0 unspecified atom stereocenters. The van der Waals surface area contributed by atoms with E-state index in [1.54, 1.807) is 6.20 Å². The maximum atomic E-state index is 5.47. The molecule has 2 saturated heterocycles. The van der Waals surface area contributed by atoms with Gasteiger partial charge in [0.25, 0.3) is 0 Å².